The summed E-state index contributed by atoms with van der Waals surface area (Å²) in [7, 11) is 0. The van der Waals surface area contributed by atoms with Gasteiger partial charge in [0.1, 0.15) is 0 Å². The second-order valence-corrected chi connectivity index (χ2v) is 3.22. The summed E-state index contributed by atoms with van der Waals surface area (Å²) in [5.41, 5.74) is 5.90. The Morgan fingerprint density at radius 1 is 1.25 bits per heavy atom. The molecule has 0 fully saturated rings. The molecule has 0 aromatic heterocycles. The summed E-state index contributed by atoms with van der Waals surface area (Å²) in [5.74, 6) is -1.67. The lowest BCUT2D eigenvalue weighted by Gasteiger charge is -2.00. The maximum absolute atomic E-state index is 12.5. The van der Waals surface area contributed by atoms with Gasteiger partial charge in [0.05, 0.1) is 0 Å². The van der Waals surface area contributed by atoms with Gasteiger partial charge in [0.25, 0.3) is 0 Å². The molecular weight excluding hydrogens is 298 g/mol. The van der Waals surface area contributed by atoms with E-state index in [0.29, 0.717) is 9.13 Å². The minimum atomic E-state index is -0.842. The van der Waals surface area contributed by atoms with Crippen molar-refractivity contribution in [1.29, 1.82) is 0 Å². The quantitative estimate of drug-likeness (QED) is 0.626. The number of nitrogens with two attached hydrogens (primary N) is 1. The number of rotatable bonds is 1. The second kappa shape index (κ2) is 4.94. The molecule has 2 N–H and O–H groups in total. The highest BCUT2D eigenvalue weighted by Crippen LogP contribution is 2.16. The molecule has 0 saturated carbocycles. The monoisotopic (exact) mass is 305 g/mol. The van der Waals surface area contributed by atoms with Crippen molar-refractivity contribution in [3.63, 3.8) is 0 Å². The third-order valence-corrected chi connectivity index (χ3v) is 2.31. The largest absolute Gasteiger partial charge is 0.326 e. The van der Waals surface area contributed by atoms with Crippen molar-refractivity contribution < 1.29 is 8.78 Å². The SMILES string of the molecule is Cl.NCc1cc(F)c(F)cc1I. The Morgan fingerprint density at radius 2 is 1.75 bits per heavy atom. The first-order valence-electron chi connectivity index (χ1n) is 2.98. The zero-order valence-corrected chi connectivity index (χ0v) is 8.96. The molecule has 1 nitrogen and oxygen atoms in total. The van der Waals surface area contributed by atoms with E-state index in [1.807, 2.05) is 22.6 Å². The molecule has 1 rings (SSSR count). The summed E-state index contributed by atoms with van der Waals surface area (Å²) < 4.78 is 25.6. The van der Waals surface area contributed by atoms with Gasteiger partial charge in [0.2, 0.25) is 0 Å². The van der Waals surface area contributed by atoms with E-state index in [4.69, 9.17) is 5.73 Å². The van der Waals surface area contributed by atoms with Crippen molar-refractivity contribution >= 4 is 35.0 Å². The fourth-order valence-corrected chi connectivity index (χ4v) is 1.37. The molecule has 0 bridgehead atoms. The summed E-state index contributed by atoms with van der Waals surface area (Å²) in [6.45, 7) is 0.232. The lowest BCUT2D eigenvalue weighted by Crippen LogP contribution is -2.01. The topological polar surface area (TPSA) is 26.0 Å². The molecule has 1 aromatic carbocycles. The van der Waals surface area contributed by atoms with Gasteiger partial charge in [-0.25, -0.2) is 8.78 Å². The van der Waals surface area contributed by atoms with Crippen LogP contribution in [0.5, 0.6) is 0 Å². The fourth-order valence-electron chi connectivity index (χ4n) is 0.720. The number of halogens is 4. The van der Waals surface area contributed by atoms with E-state index in [2.05, 4.69) is 0 Å². The van der Waals surface area contributed by atoms with Crippen LogP contribution in [0.15, 0.2) is 12.1 Å². The van der Waals surface area contributed by atoms with Crippen molar-refractivity contribution in [1.82, 2.24) is 0 Å². The van der Waals surface area contributed by atoms with E-state index in [-0.39, 0.29) is 19.0 Å². The van der Waals surface area contributed by atoms with Gasteiger partial charge in [0.15, 0.2) is 11.6 Å². The number of hydrogen-bond donors (Lipinski definition) is 1. The molecule has 0 heterocycles. The van der Waals surface area contributed by atoms with Gasteiger partial charge < -0.3 is 5.73 Å². The van der Waals surface area contributed by atoms with Gasteiger partial charge in [-0.05, 0) is 40.3 Å². The number of benzene rings is 1. The Bertz CT molecular complexity index is 280. The Labute approximate surface area is 88.9 Å². The van der Waals surface area contributed by atoms with E-state index in [0.717, 1.165) is 12.1 Å². The van der Waals surface area contributed by atoms with Gasteiger partial charge >= 0.3 is 0 Å². The molecule has 0 amide bonds. The van der Waals surface area contributed by atoms with E-state index in [9.17, 15) is 8.78 Å². The molecule has 68 valence electrons. The maximum Gasteiger partial charge on any atom is 0.159 e. The van der Waals surface area contributed by atoms with Crippen LogP contribution in [0.2, 0.25) is 0 Å². The molecule has 0 saturated heterocycles. The van der Waals surface area contributed by atoms with Crippen LogP contribution in [0, 0.1) is 15.2 Å². The minimum Gasteiger partial charge on any atom is -0.326 e. The normalized spacial score (nSPS) is 9.33. The molecule has 0 atom stereocenters. The van der Waals surface area contributed by atoms with Gasteiger partial charge in [-0.15, -0.1) is 12.4 Å². The zero-order valence-electron chi connectivity index (χ0n) is 5.98. The van der Waals surface area contributed by atoms with Crippen molar-refractivity contribution in [2.24, 2.45) is 5.73 Å². The molecule has 12 heavy (non-hydrogen) atoms. The van der Waals surface area contributed by atoms with E-state index in [1.54, 1.807) is 0 Å². The lowest BCUT2D eigenvalue weighted by atomic mass is 10.2. The van der Waals surface area contributed by atoms with Crippen LogP contribution in [-0.4, -0.2) is 0 Å². The molecule has 5 heteroatoms. The van der Waals surface area contributed by atoms with Crippen LogP contribution in [0.3, 0.4) is 0 Å². The lowest BCUT2D eigenvalue weighted by molar-refractivity contribution is 0.506. The molecule has 0 aliphatic rings. The smallest absolute Gasteiger partial charge is 0.159 e. The highest BCUT2D eigenvalue weighted by molar-refractivity contribution is 14.1. The molecular formula is C7H7ClF2IN. The van der Waals surface area contributed by atoms with Crippen molar-refractivity contribution in [2.75, 3.05) is 0 Å². The van der Waals surface area contributed by atoms with Crippen molar-refractivity contribution in [2.45, 2.75) is 6.54 Å². The number of hydrogen-bond acceptors (Lipinski definition) is 1. The first-order chi connectivity index (χ1) is 5.15. The third-order valence-electron chi connectivity index (χ3n) is 1.31. The van der Waals surface area contributed by atoms with E-state index in [1.165, 1.54) is 0 Å². The Hall–Kier alpha value is 0.0600. The van der Waals surface area contributed by atoms with Gasteiger partial charge in [0, 0.05) is 10.1 Å². The van der Waals surface area contributed by atoms with Crippen LogP contribution >= 0.6 is 35.0 Å². The van der Waals surface area contributed by atoms with Crippen LogP contribution < -0.4 is 5.73 Å². The molecule has 0 unspecified atom stereocenters. The second-order valence-electron chi connectivity index (χ2n) is 2.06. The summed E-state index contributed by atoms with van der Waals surface area (Å²) in [6.07, 6.45) is 0. The first kappa shape index (κ1) is 12.1. The summed E-state index contributed by atoms with van der Waals surface area (Å²) in [5, 5.41) is 0. The Morgan fingerprint density at radius 3 is 2.25 bits per heavy atom. The predicted molar refractivity (Wildman–Crippen MR) is 54.2 cm³/mol. The van der Waals surface area contributed by atoms with Crippen molar-refractivity contribution in [3.05, 3.63) is 32.9 Å². The summed E-state index contributed by atoms with van der Waals surface area (Å²) in [4.78, 5) is 0. The van der Waals surface area contributed by atoms with E-state index < -0.39 is 11.6 Å². The molecule has 0 radical (unpaired) electrons. The fraction of sp³-hybridized carbons (Fsp3) is 0.143. The maximum atomic E-state index is 12.5. The van der Waals surface area contributed by atoms with Gasteiger partial charge in [-0.2, -0.15) is 0 Å². The zero-order chi connectivity index (χ0) is 8.43. The highest BCUT2D eigenvalue weighted by Gasteiger charge is 2.05. The average molecular weight is 305 g/mol. The first-order valence-corrected chi connectivity index (χ1v) is 4.06. The van der Waals surface area contributed by atoms with Crippen LogP contribution in [0.4, 0.5) is 8.78 Å². The van der Waals surface area contributed by atoms with Gasteiger partial charge in [-0.1, -0.05) is 0 Å². The predicted octanol–water partition coefficient (Wildman–Crippen LogP) is 2.45. The van der Waals surface area contributed by atoms with Crippen LogP contribution in [0.25, 0.3) is 0 Å². The molecule has 1 aromatic rings. The third kappa shape index (κ3) is 2.53. The van der Waals surface area contributed by atoms with Crippen LogP contribution in [-0.2, 0) is 6.54 Å². The van der Waals surface area contributed by atoms with Crippen molar-refractivity contribution in [3.8, 4) is 0 Å². The van der Waals surface area contributed by atoms with Gasteiger partial charge in [-0.3, -0.25) is 0 Å². The van der Waals surface area contributed by atoms with Crippen LogP contribution in [0.1, 0.15) is 5.56 Å². The molecule has 0 aliphatic heterocycles. The summed E-state index contributed by atoms with van der Waals surface area (Å²) in [6, 6.07) is 2.26. The minimum absolute atomic E-state index is 0. The molecule has 0 spiro atoms. The Kier molecular flexibility index (Phi) is 4.96. The highest BCUT2D eigenvalue weighted by atomic mass is 127. The Balaban J connectivity index is 0.00000121. The standard InChI is InChI=1S/C7H6F2IN.ClH/c8-5-1-4(3-11)7(10)2-6(5)9;/h1-2H,3,11H2;1H. The van der Waals surface area contributed by atoms with E-state index >= 15 is 0 Å². The average Bonchev–Trinajstić information content (AvgIpc) is 1.97. The summed E-state index contributed by atoms with van der Waals surface area (Å²) >= 11 is 1.92. The molecule has 0 aliphatic carbocycles.